The van der Waals surface area contributed by atoms with Crippen LogP contribution in [0.15, 0.2) is 0 Å². The topological polar surface area (TPSA) is 52.6 Å². The standard InChI is InChI=1S/C21H32O4/c1-21(2)17-11-15-5-3-4-6-16(15)12-18(21)25-20(23)14-9-7-13(8-10-14)19(22)24-17/h13-18H,3-12H2,1-2H3. The number of fused-ring (bicyclic) bond motifs is 5. The lowest BCUT2D eigenvalue weighted by Gasteiger charge is -2.38. The van der Waals surface area contributed by atoms with Crippen molar-refractivity contribution in [3.63, 3.8) is 0 Å². The van der Waals surface area contributed by atoms with Crippen molar-refractivity contribution in [2.45, 2.75) is 90.3 Å². The van der Waals surface area contributed by atoms with E-state index < -0.39 is 0 Å². The molecule has 0 aromatic heterocycles. The van der Waals surface area contributed by atoms with Gasteiger partial charge >= 0.3 is 11.9 Å². The maximum absolute atomic E-state index is 12.8. The maximum Gasteiger partial charge on any atom is 0.309 e. The summed E-state index contributed by atoms with van der Waals surface area (Å²) >= 11 is 0. The van der Waals surface area contributed by atoms with Gasteiger partial charge in [-0.1, -0.05) is 39.5 Å². The zero-order chi connectivity index (χ0) is 17.6. The van der Waals surface area contributed by atoms with Gasteiger partial charge in [0.2, 0.25) is 0 Å². The van der Waals surface area contributed by atoms with E-state index >= 15 is 0 Å². The van der Waals surface area contributed by atoms with Crippen LogP contribution in [0.5, 0.6) is 0 Å². The van der Waals surface area contributed by atoms with Crippen molar-refractivity contribution in [1.82, 2.24) is 0 Å². The fourth-order valence-electron chi connectivity index (χ4n) is 5.71. The van der Waals surface area contributed by atoms with Crippen LogP contribution >= 0.6 is 0 Å². The molecular weight excluding hydrogens is 316 g/mol. The third-order valence-electron chi connectivity index (χ3n) is 7.67. The molecule has 4 heteroatoms. The van der Waals surface area contributed by atoms with E-state index in [1.54, 1.807) is 0 Å². The van der Waals surface area contributed by atoms with Crippen LogP contribution in [0.25, 0.3) is 0 Å². The Morgan fingerprint density at radius 1 is 0.720 bits per heavy atom. The van der Waals surface area contributed by atoms with Crippen molar-refractivity contribution in [2.24, 2.45) is 29.1 Å². The van der Waals surface area contributed by atoms with E-state index in [0.29, 0.717) is 11.8 Å². The van der Waals surface area contributed by atoms with Gasteiger partial charge in [0.1, 0.15) is 12.2 Å². The van der Waals surface area contributed by atoms with Gasteiger partial charge in [0.25, 0.3) is 0 Å². The quantitative estimate of drug-likeness (QED) is 0.614. The van der Waals surface area contributed by atoms with E-state index in [4.69, 9.17) is 9.47 Å². The Labute approximate surface area is 151 Å². The molecule has 4 bridgehead atoms. The number of rotatable bonds is 0. The molecule has 4 unspecified atom stereocenters. The molecule has 5 fully saturated rings. The molecule has 2 aliphatic heterocycles. The zero-order valence-electron chi connectivity index (χ0n) is 15.7. The largest absolute Gasteiger partial charge is 0.461 e. The van der Waals surface area contributed by atoms with E-state index in [1.165, 1.54) is 25.7 Å². The Morgan fingerprint density at radius 2 is 1.12 bits per heavy atom. The van der Waals surface area contributed by atoms with Crippen molar-refractivity contribution in [3.05, 3.63) is 0 Å². The first-order valence-corrected chi connectivity index (χ1v) is 10.4. The Balaban J connectivity index is 1.68. The van der Waals surface area contributed by atoms with E-state index in [9.17, 15) is 9.59 Å². The molecular formula is C21H32O4. The van der Waals surface area contributed by atoms with Gasteiger partial charge in [0, 0.05) is 5.41 Å². The normalized spacial score (nSPS) is 43.9. The Hall–Kier alpha value is -1.06. The van der Waals surface area contributed by atoms with Crippen LogP contribution in [-0.2, 0) is 19.1 Å². The number of carbonyl (C=O) groups is 2. The molecule has 3 saturated carbocycles. The summed E-state index contributed by atoms with van der Waals surface area (Å²) in [6.45, 7) is 4.28. The molecule has 140 valence electrons. The number of carbonyl (C=O) groups excluding carboxylic acids is 2. The molecule has 5 rings (SSSR count). The highest BCUT2D eigenvalue weighted by molar-refractivity contribution is 5.75. The summed E-state index contributed by atoms with van der Waals surface area (Å²) < 4.78 is 12.3. The average molecular weight is 348 g/mol. The predicted octanol–water partition coefficient (Wildman–Crippen LogP) is 4.26. The fourth-order valence-corrected chi connectivity index (χ4v) is 5.71. The molecule has 25 heavy (non-hydrogen) atoms. The third-order valence-corrected chi connectivity index (χ3v) is 7.67. The van der Waals surface area contributed by atoms with Gasteiger partial charge in [-0.15, -0.1) is 0 Å². The third kappa shape index (κ3) is 3.21. The fraction of sp³-hybridized carbons (Fsp3) is 0.905. The van der Waals surface area contributed by atoms with Crippen molar-refractivity contribution in [3.8, 4) is 0 Å². The summed E-state index contributed by atoms with van der Waals surface area (Å²) in [6.07, 6.45) is 9.67. The lowest BCUT2D eigenvalue weighted by molar-refractivity contribution is -0.172. The number of hydrogen-bond acceptors (Lipinski definition) is 4. The molecule has 5 aliphatic rings. The highest BCUT2D eigenvalue weighted by Crippen LogP contribution is 2.48. The molecule has 0 spiro atoms. The van der Waals surface area contributed by atoms with E-state index in [-0.39, 0.29) is 41.4 Å². The lowest BCUT2D eigenvalue weighted by atomic mass is 9.76. The van der Waals surface area contributed by atoms with Gasteiger partial charge < -0.3 is 9.47 Å². The first kappa shape index (κ1) is 17.4. The molecule has 0 aromatic rings. The second-order valence-electron chi connectivity index (χ2n) is 9.50. The van der Waals surface area contributed by atoms with Crippen LogP contribution in [0.1, 0.15) is 78.1 Å². The minimum absolute atomic E-state index is 0.0261. The SMILES string of the molecule is CC1(C)C2CC3CCCCC3CC1OC(=O)C1CCC(CC1)C(=O)O2. The highest BCUT2D eigenvalue weighted by Gasteiger charge is 2.50. The van der Waals surface area contributed by atoms with Crippen LogP contribution < -0.4 is 0 Å². The Kier molecular flexibility index (Phi) is 4.57. The van der Waals surface area contributed by atoms with Crippen LogP contribution in [0.2, 0.25) is 0 Å². The summed E-state index contributed by atoms with van der Waals surface area (Å²) in [4.78, 5) is 25.6. The smallest absolute Gasteiger partial charge is 0.309 e. The number of hydrogen-bond donors (Lipinski definition) is 0. The van der Waals surface area contributed by atoms with Crippen molar-refractivity contribution < 1.29 is 19.1 Å². The predicted molar refractivity (Wildman–Crippen MR) is 93.7 cm³/mol. The molecule has 4 atom stereocenters. The van der Waals surface area contributed by atoms with E-state index in [2.05, 4.69) is 13.8 Å². The van der Waals surface area contributed by atoms with Gasteiger partial charge in [-0.3, -0.25) is 9.59 Å². The molecule has 2 saturated heterocycles. The average Bonchev–Trinajstić information content (AvgIpc) is 2.71. The van der Waals surface area contributed by atoms with E-state index in [0.717, 1.165) is 38.5 Å². The van der Waals surface area contributed by atoms with Gasteiger partial charge in [0.15, 0.2) is 0 Å². The van der Waals surface area contributed by atoms with Crippen LogP contribution in [0, 0.1) is 29.1 Å². The Morgan fingerprint density at radius 3 is 1.52 bits per heavy atom. The summed E-state index contributed by atoms with van der Waals surface area (Å²) in [6, 6.07) is 0. The Bertz CT molecular complexity index is 486. The zero-order valence-corrected chi connectivity index (χ0v) is 15.7. The van der Waals surface area contributed by atoms with Crippen LogP contribution in [-0.4, -0.2) is 24.1 Å². The molecule has 0 amide bonds. The summed E-state index contributed by atoms with van der Waals surface area (Å²) in [5.74, 6) is 1.10. The second kappa shape index (κ2) is 6.59. The molecule has 3 aliphatic carbocycles. The molecule has 0 N–H and O–H groups in total. The maximum atomic E-state index is 12.8. The monoisotopic (exact) mass is 348 g/mol. The number of esters is 2. The summed E-state index contributed by atoms with van der Waals surface area (Å²) in [5.41, 5.74) is -0.313. The second-order valence-corrected chi connectivity index (χ2v) is 9.50. The minimum atomic E-state index is -0.313. The van der Waals surface area contributed by atoms with Crippen LogP contribution in [0.4, 0.5) is 0 Å². The van der Waals surface area contributed by atoms with Gasteiger partial charge in [-0.05, 0) is 50.4 Å². The summed E-state index contributed by atoms with van der Waals surface area (Å²) in [7, 11) is 0. The molecule has 2 heterocycles. The van der Waals surface area contributed by atoms with E-state index in [1.807, 2.05) is 0 Å². The first-order valence-electron chi connectivity index (χ1n) is 10.4. The van der Waals surface area contributed by atoms with Crippen molar-refractivity contribution in [2.75, 3.05) is 0 Å². The van der Waals surface area contributed by atoms with Gasteiger partial charge in [0.05, 0.1) is 11.8 Å². The number of ether oxygens (including phenoxy) is 2. The highest BCUT2D eigenvalue weighted by atomic mass is 16.6. The lowest BCUT2D eigenvalue weighted by Crippen LogP contribution is -2.44. The molecule has 0 aromatic carbocycles. The van der Waals surface area contributed by atoms with Crippen molar-refractivity contribution >= 4 is 11.9 Å². The summed E-state index contributed by atoms with van der Waals surface area (Å²) in [5, 5.41) is 0. The van der Waals surface area contributed by atoms with Crippen LogP contribution in [0.3, 0.4) is 0 Å². The minimum Gasteiger partial charge on any atom is -0.461 e. The first-order chi connectivity index (χ1) is 11.9. The van der Waals surface area contributed by atoms with Gasteiger partial charge in [-0.2, -0.15) is 0 Å². The molecule has 0 radical (unpaired) electrons. The molecule has 4 nitrogen and oxygen atoms in total. The van der Waals surface area contributed by atoms with Crippen molar-refractivity contribution in [1.29, 1.82) is 0 Å². The van der Waals surface area contributed by atoms with Gasteiger partial charge in [-0.25, -0.2) is 0 Å².